The minimum absolute atomic E-state index is 0.119. The van der Waals surface area contributed by atoms with Gasteiger partial charge in [0.2, 0.25) is 0 Å². The second kappa shape index (κ2) is 7.29. The van der Waals surface area contributed by atoms with Crippen LogP contribution in [0.1, 0.15) is 30.9 Å². The Morgan fingerprint density at radius 2 is 2.10 bits per heavy atom. The van der Waals surface area contributed by atoms with Crippen LogP contribution in [0.25, 0.3) is 0 Å². The van der Waals surface area contributed by atoms with Gasteiger partial charge in [-0.25, -0.2) is 4.39 Å². The first kappa shape index (κ1) is 16.3. The number of likely N-dealkylation sites (tertiary alicyclic amines) is 1. The Balaban J connectivity index is 1.98. The largest absolute Gasteiger partial charge is 0.389 e. The van der Waals surface area contributed by atoms with Crippen molar-refractivity contribution in [2.75, 3.05) is 26.7 Å². The third-order valence-electron chi connectivity index (χ3n) is 4.36. The lowest BCUT2D eigenvalue weighted by molar-refractivity contribution is 0.127. The van der Waals surface area contributed by atoms with E-state index in [2.05, 4.69) is 23.8 Å². The molecule has 2 rings (SSSR count). The van der Waals surface area contributed by atoms with Gasteiger partial charge in [0.25, 0.3) is 0 Å². The van der Waals surface area contributed by atoms with E-state index in [1.54, 1.807) is 6.07 Å². The molecule has 5 heteroatoms. The van der Waals surface area contributed by atoms with E-state index in [9.17, 15) is 4.39 Å². The van der Waals surface area contributed by atoms with Gasteiger partial charge in [-0.2, -0.15) is 0 Å². The van der Waals surface area contributed by atoms with Gasteiger partial charge in [0.05, 0.1) is 0 Å². The predicted octanol–water partition coefficient (Wildman–Crippen LogP) is 2.38. The number of piperidine rings is 1. The van der Waals surface area contributed by atoms with Gasteiger partial charge in [-0.05, 0) is 57.2 Å². The zero-order chi connectivity index (χ0) is 15.4. The van der Waals surface area contributed by atoms with Crippen LogP contribution in [0.2, 0.25) is 0 Å². The molecule has 21 heavy (non-hydrogen) atoms. The lowest BCUT2D eigenvalue weighted by Crippen LogP contribution is -2.42. The van der Waals surface area contributed by atoms with Gasteiger partial charge in [-0.15, -0.1) is 0 Å². The Hall–Kier alpha value is -1.04. The smallest absolute Gasteiger partial charge is 0.133 e. The minimum Gasteiger partial charge on any atom is -0.389 e. The Bertz CT molecular complexity index is 498. The summed E-state index contributed by atoms with van der Waals surface area (Å²) in [6, 6.07) is 5.63. The highest BCUT2D eigenvalue weighted by molar-refractivity contribution is 7.80. The zero-order valence-corrected chi connectivity index (χ0v) is 13.6. The normalized spacial score (nSPS) is 17.3. The van der Waals surface area contributed by atoms with Crippen molar-refractivity contribution in [3.8, 4) is 0 Å². The highest BCUT2D eigenvalue weighted by atomic mass is 32.1. The maximum Gasteiger partial charge on any atom is 0.133 e. The molecule has 116 valence electrons. The van der Waals surface area contributed by atoms with Crippen molar-refractivity contribution in [3.05, 3.63) is 35.1 Å². The van der Waals surface area contributed by atoms with E-state index in [-0.39, 0.29) is 10.8 Å². The SMILES string of the molecule is CCN1CCC(N(C)Cc2ccc(F)c(C(N)=S)c2)CC1. The van der Waals surface area contributed by atoms with E-state index in [0.29, 0.717) is 11.6 Å². The van der Waals surface area contributed by atoms with Crippen LogP contribution in [0.3, 0.4) is 0 Å². The third kappa shape index (κ3) is 4.22. The number of hydrogen-bond donors (Lipinski definition) is 1. The molecule has 0 saturated carbocycles. The quantitative estimate of drug-likeness (QED) is 0.847. The Morgan fingerprint density at radius 1 is 1.43 bits per heavy atom. The first-order chi connectivity index (χ1) is 10.0. The molecule has 0 amide bonds. The number of halogens is 1. The van der Waals surface area contributed by atoms with E-state index in [0.717, 1.165) is 31.7 Å². The van der Waals surface area contributed by atoms with E-state index < -0.39 is 0 Å². The van der Waals surface area contributed by atoms with Crippen LogP contribution < -0.4 is 5.73 Å². The van der Waals surface area contributed by atoms with Crippen molar-refractivity contribution in [2.45, 2.75) is 32.4 Å². The summed E-state index contributed by atoms with van der Waals surface area (Å²) in [5, 5.41) is 0. The molecule has 0 radical (unpaired) electrons. The molecule has 1 aliphatic heterocycles. The van der Waals surface area contributed by atoms with Crippen LogP contribution >= 0.6 is 12.2 Å². The summed E-state index contributed by atoms with van der Waals surface area (Å²) in [5.41, 5.74) is 6.96. The van der Waals surface area contributed by atoms with Gasteiger partial charge in [-0.1, -0.05) is 25.2 Å². The molecule has 0 aliphatic carbocycles. The maximum atomic E-state index is 13.6. The zero-order valence-electron chi connectivity index (χ0n) is 12.8. The number of thiocarbonyl (C=S) groups is 1. The highest BCUT2D eigenvalue weighted by Crippen LogP contribution is 2.18. The van der Waals surface area contributed by atoms with Crippen LogP contribution in [-0.4, -0.2) is 47.5 Å². The van der Waals surface area contributed by atoms with Crippen molar-refractivity contribution in [3.63, 3.8) is 0 Å². The predicted molar refractivity (Wildman–Crippen MR) is 88.9 cm³/mol. The summed E-state index contributed by atoms with van der Waals surface area (Å²) in [7, 11) is 2.13. The summed E-state index contributed by atoms with van der Waals surface area (Å²) >= 11 is 4.89. The average molecular weight is 309 g/mol. The lowest BCUT2D eigenvalue weighted by atomic mass is 10.0. The molecule has 0 atom stereocenters. The highest BCUT2D eigenvalue weighted by Gasteiger charge is 2.21. The molecule has 0 aromatic heterocycles. The fraction of sp³-hybridized carbons (Fsp3) is 0.562. The Morgan fingerprint density at radius 3 is 2.67 bits per heavy atom. The lowest BCUT2D eigenvalue weighted by Gasteiger charge is -2.36. The monoisotopic (exact) mass is 309 g/mol. The molecule has 1 aliphatic rings. The topological polar surface area (TPSA) is 32.5 Å². The van der Waals surface area contributed by atoms with Gasteiger partial charge >= 0.3 is 0 Å². The minimum atomic E-state index is -0.342. The average Bonchev–Trinajstić information content (AvgIpc) is 2.49. The molecular weight excluding hydrogens is 285 g/mol. The standard InChI is InChI=1S/C16H24FN3S/c1-3-20-8-6-13(7-9-20)19(2)11-12-4-5-15(17)14(10-12)16(18)21/h4-5,10,13H,3,6-9,11H2,1-2H3,(H2,18,21). The van der Waals surface area contributed by atoms with Crippen LogP contribution in [0.15, 0.2) is 18.2 Å². The van der Waals surface area contributed by atoms with Gasteiger partial charge < -0.3 is 10.6 Å². The summed E-state index contributed by atoms with van der Waals surface area (Å²) in [6.07, 6.45) is 2.38. The fourth-order valence-corrected chi connectivity index (χ4v) is 3.11. The number of benzene rings is 1. The van der Waals surface area contributed by atoms with Crippen molar-refractivity contribution >= 4 is 17.2 Å². The van der Waals surface area contributed by atoms with Crippen LogP contribution in [0.4, 0.5) is 4.39 Å². The van der Waals surface area contributed by atoms with Crippen molar-refractivity contribution in [1.29, 1.82) is 0 Å². The summed E-state index contributed by atoms with van der Waals surface area (Å²) in [4.78, 5) is 4.95. The van der Waals surface area contributed by atoms with Crippen molar-refractivity contribution < 1.29 is 4.39 Å². The molecule has 0 spiro atoms. The molecule has 1 heterocycles. The molecule has 2 N–H and O–H groups in total. The molecule has 0 bridgehead atoms. The first-order valence-electron chi connectivity index (χ1n) is 7.52. The molecule has 1 fully saturated rings. The summed E-state index contributed by atoms with van der Waals surface area (Å²) < 4.78 is 13.6. The van der Waals surface area contributed by atoms with E-state index in [1.165, 1.54) is 18.9 Å². The molecule has 1 aromatic carbocycles. The number of nitrogens with zero attached hydrogens (tertiary/aromatic N) is 2. The van der Waals surface area contributed by atoms with E-state index in [1.807, 2.05) is 6.07 Å². The first-order valence-corrected chi connectivity index (χ1v) is 7.93. The molecule has 1 saturated heterocycles. The number of nitrogens with two attached hydrogens (primary N) is 1. The van der Waals surface area contributed by atoms with Crippen molar-refractivity contribution in [1.82, 2.24) is 9.80 Å². The van der Waals surface area contributed by atoms with Gasteiger partial charge in [-0.3, -0.25) is 4.90 Å². The van der Waals surface area contributed by atoms with E-state index >= 15 is 0 Å². The second-order valence-electron chi connectivity index (χ2n) is 5.76. The fourth-order valence-electron chi connectivity index (χ4n) is 2.95. The second-order valence-corrected chi connectivity index (χ2v) is 6.20. The number of rotatable bonds is 5. The van der Waals surface area contributed by atoms with Crippen molar-refractivity contribution in [2.24, 2.45) is 5.73 Å². The van der Waals surface area contributed by atoms with Gasteiger partial charge in [0, 0.05) is 18.2 Å². The maximum absolute atomic E-state index is 13.6. The summed E-state index contributed by atoms with van der Waals surface area (Å²) in [5.74, 6) is -0.342. The van der Waals surface area contributed by atoms with Crippen LogP contribution in [0.5, 0.6) is 0 Å². The Labute approximate surface area is 131 Å². The molecule has 0 unspecified atom stereocenters. The van der Waals surface area contributed by atoms with Gasteiger partial charge in [0.1, 0.15) is 10.8 Å². The summed E-state index contributed by atoms with van der Waals surface area (Å²) in [6.45, 7) is 6.46. The molecular formula is C16H24FN3S. The van der Waals surface area contributed by atoms with E-state index in [4.69, 9.17) is 18.0 Å². The third-order valence-corrected chi connectivity index (χ3v) is 4.58. The molecule has 3 nitrogen and oxygen atoms in total. The van der Waals surface area contributed by atoms with Crippen LogP contribution in [0, 0.1) is 5.82 Å². The molecule has 1 aromatic rings. The van der Waals surface area contributed by atoms with Crippen LogP contribution in [-0.2, 0) is 6.54 Å². The number of hydrogen-bond acceptors (Lipinski definition) is 3. The van der Waals surface area contributed by atoms with Gasteiger partial charge in [0.15, 0.2) is 0 Å². The Kier molecular flexibility index (Phi) is 5.67.